The number of hydrogen-bond donors (Lipinski definition) is 1. The van der Waals surface area contributed by atoms with E-state index in [9.17, 15) is 13.0 Å². The van der Waals surface area contributed by atoms with Gasteiger partial charge in [-0.25, -0.2) is 8.42 Å². The lowest BCUT2D eigenvalue weighted by atomic mass is 9.59. The van der Waals surface area contributed by atoms with Gasteiger partial charge in [0.2, 0.25) is 10.4 Å². The van der Waals surface area contributed by atoms with Crippen LogP contribution in [-0.2, 0) is 14.6 Å². The highest BCUT2D eigenvalue weighted by Crippen LogP contribution is 2.71. The van der Waals surface area contributed by atoms with E-state index in [0.717, 1.165) is 18.4 Å². The lowest BCUT2D eigenvalue weighted by Crippen LogP contribution is -2.44. The van der Waals surface area contributed by atoms with E-state index in [-0.39, 0.29) is 28.8 Å². The molecule has 0 saturated heterocycles. The summed E-state index contributed by atoms with van der Waals surface area (Å²) in [5.41, 5.74) is 0.268. The van der Waals surface area contributed by atoms with E-state index >= 15 is 0 Å². The molecule has 2 bridgehead atoms. The Bertz CT molecular complexity index is 744. The number of rotatable bonds is 5. The molecule has 1 aromatic rings. The largest absolute Gasteiger partial charge is 0.726 e. The molecule has 2 aliphatic carbocycles. The summed E-state index contributed by atoms with van der Waals surface area (Å²) in [6.45, 7) is 10.5. The topological polar surface area (TPSA) is 103 Å². The molecule has 6 heteroatoms. The molecule has 0 aliphatic heterocycles. The minimum absolute atomic E-state index is 0. The van der Waals surface area contributed by atoms with Gasteiger partial charge in [0.05, 0.1) is 5.60 Å². The standard InChI is InChI=1S/C20H30O4S.H3N/c1-18(2)15-11-12-20(18,5)16(13-15)17(14-9-7-6-8-10-14)19(3,4)24-25(21,22)23;/h6-10,15-17H,11-13H2,1-5H3,(H,21,22,23);1H3. The van der Waals surface area contributed by atoms with Gasteiger partial charge in [-0.2, -0.15) is 0 Å². The van der Waals surface area contributed by atoms with E-state index in [2.05, 4.69) is 20.8 Å². The Kier molecular flexibility index (Phi) is 5.41. The second-order valence-corrected chi connectivity index (χ2v) is 10.2. The van der Waals surface area contributed by atoms with E-state index in [4.69, 9.17) is 4.18 Å². The number of fused-ring (bicyclic) bond motifs is 2. The predicted molar refractivity (Wildman–Crippen MR) is 103 cm³/mol. The monoisotopic (exact) mass is 383 g/mol. The zero-order valence-electron chi connectivity index (χ0n) is 16.8. The number of benzene rings is 1. The van der Waals surface area contributed by atoms with Crippen molar-refractivity contribution in [3.05, 3.63) is 35.9 Å². The summed E-state index contributed by atoms with van der Waals surface area (Å²) in [5, 5.41) is 0. The van der Waals surface area contributed by atoms with Gasteiger partial charge in [0.1, 0.15) is 0 Å². The Labute approximate surface area is 158 Å². The fraction of sp³-hybridized carbons (Fsp3) is 0.700. The Morgan fingerprint density at radius 3 is 2.19 bits per heavy atom. The molecular weight excluding hydrogens is 350 g/mol. The molecule has 2 saturated carbocycles. The van der Waals surface area contributed by atoms with E-state index in [1.807, 2.05) is 30.3 Å². The zero-order chi connectivity index (χ0) is 18.7. The van der Waals surface area contributed by atoms with Crippen molar-refractivity contribution in [2.24, 2.45) is 22.7 Å². The Hall–Kier alpha value is -0.950. The van der Waals surface area contributed by atoms with Crippen molar-refractivity contribution in [1.82, 2.24) is 6.15 Å². The van der Waals surface area contributed by atoms with Gasteiger partial charge in [-0.05, 0) is 61.3 Å². The summed E-state index contributed by atoms with van der Waals surface area (Å²) in [7, 11) is -4.78. The molecule has 4 unspecified atom stereocenters. The Morgan fingerprint density at radius 2 is 1.77 bits per heavy atom. The Balaban J connectivity index is 0.00000243. The molecule has 0 radical (unpaired) electrons. The summed E-state index contributed by atoms with van der Waals surface area (Å²) >= 11 is 0. The second-order valence-electron chi connectivity index (χ2n) is 9.20. The predicted octanol–water partition coefficient (Wildman–Crippen LogP) is 4.86. The van der Waals surface area contributed by atoms with Crippen LogP contribution in [0.25, 0.3) is 0 Å². The van der Waals surface area contributed by atoms with Gasteiger partial charge in [0.25, 0.3) is 0 Å². The van der Waals surface area contributed by atoms with Crippen LogP contribution >= 0.6 is 0 Å². The van der Waals surface area contributed by atoms with Gasteiger partial charge in [0.15, 0.2) is 0 Å². The smallest absolute Gasteiger partial charge is 0.218 e. The van der Waals surface area contributed by atoms with Gasteiger partial charge in [-0.3, -0.25) is 4.18 Å². The van der Waals surface area contributed by atoms with Crippen molar-refractivity contribution < 1.29 is 17.2 Å². The van der Waals surface area contributed by atoms with E-state index in [0.29, 0.717) is 5.92 Å². The molecule has 5 nitrogen and oxygen atoms in total. The van der Waals surface area contributed by atoms with Gasteiger partial charge < -0.3 is 10.7 Å². The molecular formula is C20H33NO4S. The minimum Gasteiger partial charge on any atom is -0.726 e. The van der Waals surface area contributed by atoms with Crippen molar-refractivity contribution in [2.45, 2.75) is 65.4 Å². The first kappa shape index (κ1) is 21.4. The Morgan fingerprint density at radius 1 is 1.19 bits per heavy atom. The van der Waals surface area contributed by atoms with Crippen LogP contribution in [0.3, 0.4) is 0 Å². The lowest BCUT2D eigenvalue weighted by molar-refractivity contribution is -0.00194. The first-order valence-electron chi connectivity index (χ1n) is 9.10. The molecule has 0 amide bonds. The molecule has 2 fully saturated rings. The third-order valence-electron chi connectivity index (χ3n) is 7.49. The van der Waals surface area contributed by atoms with Crippen LogP contribution in [0.1, 0.15) is 65.4 Å². The average Bonchev–Trinajstić information content (AvgIpc) is 2.79. The number of hydrogen-bond acceptors (Lipinski definition) is 4. The van der Waals surface area contributed by atoms with Crippen LogP contribution in [-0.4, -0.2) is 18.6 Å². The molecule has 4 atom stereocenters. The van der Waals surface area contributed by atoms with E-state index in [1.54, 1.807) is 13.8 Å². The van der Waals surface area contributed by atoms with Crippen LogP contribution in [0.4, 0.5) is 0 Å². The van der Waals surface area contributed by atoms with Gasteiger partial charge >= 0.3 is 0 Å². The van der Waals surface area contributed by atoms with Crippen LogP contribution in [0.5, 0.6) is 0 Å². The maximum atomic E-state index is 11.4. The fourth-order valence-corrected chi connectivity index (χ4v) is 6.49. The quantitative estimate of drug-likeness (QED) is 0.579. The molecule has 0 spiro atoms. The molecule has 0 heterocycles. The second kappa shape index (κ2) is 6.59. The van der Waals surface area contributed by atoms with Crippen molar-refractivity contribution in [3.8, 4) is 0 Å². The SMILES string of the molecule is CC(C)(OS(=O)(=O)[O-])C(c1ccccc1)C1CC2CCC1(C)C2(C)C.[NH4+]. The highest BCUT2D eigenvalue weighted by molar-refractivity contribution is 7.80. The average molecular weight is 384 g/mol. The molecule has 1 aromatic carbocycles. The molecule has 2 aliphatic rings. The van der Waals surface area contributed by atoms with Crippen LogP contribution < -0.4 is 6.15 Å². The summed E-state index contributed by atoms with van der Waals surface area (Å²) in [6.07, 6.45) is 3.41. The molecule has 0 aromatic heterocycles. The molecule has 26 heavy (non-hydrogen) atoms. The van der Waals surface area contributed by atoms with E-state index < -0.39 is 16.0 Å². The van der Waals surface area contributed by atoms with Crippen molar-refractivity contribution in [2.75, 3.05) is 0 Å². The van der Waals surface area contributed by atoms with Crippen molar-refractivity contribution in [3.63, 3.8) is 0 Å². The lowest BCUT2D eigenvalue weighted by Gasteiger charge is -2.47. The summed E-state index contributed by atoms with van der Waals surface area (Å²) in [4.78, 5) is 0. The normalized spacial score (nSPS) is 31.5. The molecule has 4 N–H and O–H groups in total. The van der Waals surface area contributed by atoms with Crippen molar-refractivity contribution in [1.29, 1.82) is 0 Å². The van der Waals surface area contributed by atoms with E-state index in [1.165, 1.54) is 6.42 Å². The third-order valence-corrected chi connectivity index (χ3v) is 8.12. The third kappa shape index (κ3) is 3.33. The minimum atomic E-state index is -4.78. The maximum Gasteiger partial charge on any atom is 0.218 e. The summed E-state index contributed by atoms with van der Waals surface area (Å²) < 4.78 is 39.3. The highest BCUT2D eigenvalue weighted by Gasteiger charge is 2.64. The van der Waals surface area contributed by atoms with Crippen molar-refractivity contribution >= 4 is 10.4 Å². The summed E-state index contributed by atoms with van der Waals surface area (Å²) in [6, 6.07) is 9.92. The maximum absolute atomic E-state index is 11.4. The number of quaternary nitrogens is 1. The van der Waals surface area contributed by atoms with Gasteiger partial charge in [-0.1, -0.05) is 51.1 Å². The first-order valence-corrected chi connectivity index (χ1v) is 10.4. The van der Waals surface area contributed by atoms with Crippen LogP contribution in [0.15, 0.2) is 30.3 Å². The zero-order valence-corrected chi connectivity index (χ0v) is 17.6. The first-order chi connectivity index (χ1) is 11.4. The van der Waals surface area contributed by atoms with Gasteiger partial charge in [-0.15, -0.1) is 0 Å². The fourth-order valence-electron chi connectivity index (χ4n) is 5.86. The van der Waals surface area contributed by atoms with Crippen LogP contribution in [0.2, 0.25) is 0 Å². The summed E-state index contributed by atoms with van der Waals surface area (Å²) in [5.74, 6) is 0.765. The van der Waals surface area contributed by atoms with Gasteiger partial charge in [0, 0.05) is 5.92 Å². The molecule has 3 rings (SSSR count). The molecule has 148 valence electrons. The highest BCUT2D eigenvalue weighted by atomic mass is 32.3. The van der Waals surface area contributed by atoms with Crippen LogP contribution in [0, 0.1) is 22.7 Å².